The molecule has 2 rings (SSSR count). The standard InChI is InChI=1S/C35H53N3O5/c1-10-11-12-13-14-15-22-38(33(40)30(24(2)3)37-34(41)43-35(6,7)8)31(29-21-16-25(4)23-26(29)5)32(39)36-27-17-19-28(42-9)20-18-27/h16-21,23-24,30-31H,10-15,22H2,1-9H3,(H,36,39)(H,37,41). The van der Waals surface area contributed by atoms with Gasteiger partial charge in [-0.25, -0.2) is 4.79 Å². The Morgan fingerprint density at radius 2 is 1.53 bits per heavy atom. The van der Waals surface area contributed by atoms with Crippen LogP contribution in [0.3, 0.4) is 0 Å². The number of alkyl carbamates (subject to hydrolysis) is 1. The van der Waals surface area contributed by atoms with Crippen LogP contribution in [0.4, 0.5) is 10.5 Å². The summed E-state index contributed by atoms with van der Waals surface area (Å²) >= 11 is 0. The Labute approximate surface area is 258 Å². The molecule has 0 fully saturated rings. The Morgan fingerprint density at radius 3 is 2.09 bits per heavy atom. The summed E-state index contributed by atoms with van der Waals surface area (Å²) in [6.07, 6.45) is 5.54. The van der Waals surface area contributed by atoms with E-state index in [2.05, 4.69) is 17.6 Å². The van der Waals surface area contributed by atoms with E-state index in [9.17, 15) is 14.4 Å². The summed E-state index contributed by atoms with van der Waals surface area (Å²) in [6, 6.07) is 11.2. The fourth-order valence-electron chi connectivity index (χ4n) is 5.02. The Hall–Kier alpha value is -3.55. The van der Waals surface area contributed by atoms with Gasteiger partial charge in [-0.05, 0) is 82.3 Å². The molecule has 2 aromatic carbocycles. The monoisotopic (exact) mass is 595 g/mol. The first-order valence-corrected chi connectivity index (χ1v) is 15.6. The number of carbonyl (C=O) groups is 3. The molecule has 0 spiro atoms. The Morgan fingerprint density at radius 1 is 0.907 bits per heavy atom. The molecule has 0 aromatic heterocycles. The average molecular weight is 596 g/mol. The number of nitrogens with zero attached hydrogens (tertiary/aromatic N) is 1. The summed E-state index contributed by atoms with van der Waals surface area (Å²) in [5.41, 5.74) is 2.61. The van der Waals surface area contributed by atoms with E-state index in [1.54, 1.807) is 57.0 Å². The molecule has 0 heterocycles. The van der Waals surface area contributed by atoms with Gasteiger partial charge in [0.25, 0.3) is 5.91 Å². The van der Waals surface area contributed by atoms with E-state index < -0.39 is 23.8 Å². The van der Waals surface area contributed by atoms with E-state index in [0.717, 1.165) is 48.8 Å². The zero-order valence-electron chi connectivity index (χ0n) is 27.7. The van der Waals surface area contributed by atoms with Crippen molar-refractivity contribution >= 4 is 23.6 Å². The third kappa shape index (κ3) is 11.6. The summed E-state index contributed by atoms with van der Waals surface area (Å²) in [5.74, 6) is -0.200. The largest absolute Gasteiger partial charge is 0.497 e. The van der Waals surface area contributed by atoms with Gasteiger partial charge in [0.05, 0.1) is 7.11 Å². The minimum absolute atomic E-state index is 0.239. The molecule has 0 radical (unpaired) electrons. The molecule has 43 heavy (non-hydrogen) atoms. The van der Waals surface area contributed by atoms with Crippen molar-refractivity contribution in [3.63, 3.8) is 0 Å². The number of hydrogen-bond donors (Lipinski definition) is 2. The van der Waals surface area contributed by atoms with Gasteiger partial charge in [0.2, 0.25) is 5.91 Å². The molecular weight excluding hydrogens is 542 g/mol. The average Bonchev–Trinajstić information content (AvgIpc) is 2.92. The number of unbranched alkanes of at least 4 members (excludes halogenated alkanes) is 5. The van der Waals surface area contributed by atoms with E-state index in [-0.39, 0.29) is 17.7 Å². The van der Waals surface area contributed by atoms with E-state index in [4.69, 9.17) is 9.47 Å². The topological polar surface area (TPSA) is 97.0 Å². The minimum atomic E-state index is -0.910. The van der Waals surface area contributed by atoms with Crippen LogP contribution in [0.5, 0.6) is 5.75 Å². The Balaban J connectivity index is 2.54. The predicted molar refractivity (Wildman–Crippen MR) is 173 cm³/mol. The minimum Gasteiger partial charge on any atom is -0.497 e. The zero-order valence-corrected chi connectivity index (χ0v) is 27.7. The summed E-state index contributed by atoms with van der Waals surface area (Å²) < 4.78 is 10.8. The van der Waals surface area contributed by atoms with E-state index in [0.29, 0.717) is 18.0 Å². The maximum atomic E-state index is 14.4. The summed E-state index contributed by atoms with van der Waals surface area (Å²) in [7, 11) is 1.59. The molecule has 0 saturated carbocycles. The molecule has 2 N–H and O–H groups in total. The van der Waals surface area contributed by atoms with Crippen LogP contribution >= 0.6 is 0 Å². The highest BCUT2D eigenvalue weighted by atomic mass is 16.6. The van der Waals surface area contributed by atoms with Crippen LogP contribution in [-0.2, 0) is 14.3 Å². The van der Waals surface area contributed by atoms with E-state index >= 15 is 0 Å². The first-order chi connectivity index (χ1) is 20.3. The number of hydrogen-bond acceptors (Lipinski definition) is 5. The van der Waals surface area contributed by atoms with Crippen molar-refractivity contribution in [2.24, 2.45) is 5.92 Å². The van der Waals surface area contributed by atoms with Gasteiger partial charge in [-0.3, -0.25) is 9.59 Å². The number of aryl methyl sites for hydroxylation is 2. The van der Waals surface area contributed by atoms with Gasteiger partial charge in [-0.2, -0.15) is 0 Å². The lowest BCUT2D eigenvalue weighted by atomic mass is 9.94. The van der Waals surface area contributed by atoms with Crippen LogP contribution in [-0.4, -0.2) is 48.1 Å². The number of anilines is 1. The van der Waals surface area contributed by atoms with Gasteiger partial charge in [0.1, 0.15) is 23.4 Å². The first kappa shape index (κ1) is 35.6. The summed E-state index contributed by atoms with van der Waals surface area (Å²) in [6.45, 7) is 15.6. The lowest BCUT2D eigenvalue weighted by Gasteiger charge is -2.36. The Kier molecular flexibility index (Phi) is 14.0. The van der Waals surface area contributed by atoms with Gasteiger partial charge in [-0.15, -0.1) is 0 Å². The predicted octanol–water partition coefficient (Wildman–Crippen LogP) is 7.73. The second-order valence-electron chi connectivity index (χ2n) is 12.6. The van der Waals surface area contributed by atoms with Gasteiger partial charge in [-0.1, -0.05) is 76.6 Å². The molecule has 8 heteroatoms. The quantitative estimate of drug-likeness (QED) is 0.205. The SMILES string of the molecule is CCCCCCCCN(C(=O)C(NC(=O)OC(C)(C)C)C(C)C)C(C(=O)Nc1ccc(OC)cc1)c1ccc(C)cc1C. The number of benzene rings is 2. The molecular formula is C35H53N3O5. The number of amides is 3. The summed E-state index contributed by atoms with van der Waals surface area (Å²) in [4.78, 5) is 43.1. The zero-order chi connectivity index (χ0) is 32.2. The third-order valence-corrected chi connectivity index (χ3v) is 7.28. The lowest BCUT2D eigenvalue weighted by molar-refractivity contribution is -0.141. The lowest BCUT2D eigenvalue weighted by Crippen LogP contribution is -2.54. The molecule has 2 unspecified atom stereocenters. The van der Waals surface area contributed by atoms with Crippen molar-refractivity contribution in [2.75, 3.05) is 19.0 Å². The van der Waals surface area contributed by atoms with Gasteiger partial charge in [0.15, 0.2) is 0 Å². The van der Waals surface area contributed by atoms with Gasteiger partial charge >= 0.3 is 6.09 Å². The van der Waals surface area contributed by atoms with Crippen molar-refractivity contribution < 1.29 is 23.9 Å². The van der Waals surface area contributed by atoms with Crippen molar-refractivity contribution in [1.29, 1.82) is 0 Å². The fourth-order valence-corrected chi connectivity index (χ4v) is 5.02. The van der Waals surface area contributed by atoms with Crippen LogP contribution in [0.1, 0.15) is 103 Å². The molecule has 0 aliphatic heterocycles. The molecule has 8 nitrogen and oxygen atoms in total. The smallest absolute Gasteiger partial charge is 0.408 e. The van der Waals surface area contributed by atoms with Gasteiger partial charge < -0.3 is 25.0 Å². The second-order valence-corrected chi connectivity index (χ2v) is 12.6. The number of methoxy groups -OCH3 is 1. The van der Waals surface area contributed by atoms with Crippen LogP contribution < -0.4 is 15.4 Å². The second kappa shape index (κ2) is 16.9. The number of ether oxygens (including phenoxy) is 2. The van der Waals surface area contributed by atoms with Crippen LogP contribution in [0, 0.1) is 19.8 Å². The molecule has 238 valence electrons. The van der Waals surface area contributed by atoms with Gasteiger partial charge in [0, 0.05) is 12.2 Å². The van der Waals surface area contributed by atoms with Crippen LogP contribution in [0.25, 0.3) is 0 Å². The number of nitrogens with one attached hydrogen (secondary N) is 2. The maximum absolute atomic E-state index is 14.4. The first-order valence-electron chi connectivity index (χ1n) is 15.6. The molecule has 0 saturated heterocycles. The Bertz CT molecular complexity index is 1190. The van der Waals surface area contributed by atoms with Crippen molar-refractivity contribution in [2.45, 2.75) is 112 Å². The number of rotatable bonds is 15. The highest BCUT2D eigenvalue weighted by molar-refractivity contribution is 5.99. The molecule has 0 aliphatic rings. The highest BCUT2D eigenvalue weighted by Crippen LogP contribution is 2.29. The normalized spacial score (nSPS) is 12.8. The maximum Gasteiger partial charge on any atom is 0.408 e. The molecule has 0 aliphatic carbocycles. The van der Waals surface area contributed by atoms with Crippen LogP contribution in [0.15, 0.2) is 42.5 Å². The van der Waals surface area contributed by atoms with Crippen LogP contribution in [0.2, 0.25) is 0 Å². The highest BCUT2D eigenvalue weighted by Gasteiger charge is 2.38. The molecule has 3 amide bonds. The van der Waals surface area contributed by atoms with Crippen molar-refractivity contribution in [3.05, 3.63) is 59.2 Å². The van der Waals surface area contributed by atoms with Crippen molar-refractivity contribution in [1.82, 2.24) is 10.2 Å². The molecule has 0 bridgehead atoms. The number of carbonyl (C=O) groups excluding carboxylic acids is 3. The molecule has 2 atom stereocenters. The summed E-state index contributed by atoms with van der Waals surface area (Å²) in [5, 5.41) is 5.83. The fraction of sp³-hybridized carbons (Fsp3) is 0.571. The van der Waals surface area contributed by atoms with E-state index in [1.165, 1.54) is 6.42 Å². The third-order valence-electron chi connectivity index (χ3n) is 7.28. The molecule has 2 aromatic rings. The van der Waals surface area contributed by atoms with E-state index in [1.807, 2.05) is 45.9 Å². The van der Waals surface area contributed by atoms with Crippen molar-refractivity contribution in [3.8, 4) is 5.75 Å².